The first-order chi connectivity index (χ1) is 15.3. The molecule has 1 aromatic heterocycles. The van der Waals surface area contributed by atoms with Crippen LogP contribution in [0.3, 0.4) is 0 Å². The number of carbonyl (C=O) groups is 1. The minimum Gasteiger partial charge on any atom is -0.373 e. The SMILES string of the molecule is O=C1CCCC2=C1[C@@H](c1ccc(-c3ccccc3)cc1)Nc1ccc3ncccc3c12. The zero-order chi connectivity index (χ0) is 20.8. The molecule has 0 radical (unpaired) electrons. The third kappa shape index (κ3) is 2.97. The third-order valence-corrected chi connectivity index (χ3v) is 6.48. The molecule has 0 fully saturated rings. The van der Waals surface area contributed by atoms with Gasteiger partial charge in [0.05, 0.1) is 11.6 Å². The summed E-state index contributed by atoms with van der Waals surface area (Å²) >= 11 is 0. The predicted octanol–water partition coefficient (Wildman–Crippen LogP) is 6.58. The summed E-state index contributed by atoms with van der Waals surface area (Å²) in [7, 11) is 0. The molecule has 4 aromatic rings. The number of hydrogen-bond donors (Lipinski definition) is 1. The highest BCUT2D eigenvalue weighted by molar-refractivity contribution is 6.12. The Labute approximate surface area is 181 Å². The van der Waals surface area contributed by atoms with Crippen LogP contribution >= 0.6 is 0 Å². The fourth-order valence-corrected chi connectivity index (χ4v) is 5.03. The van der Waals surface area contributed by atoms with Gasteiger partial charge in [-0.2, -0.15) is 0 Å². The van der Waals surface area contributed by atoms with Crippen LogP contribution in [-0.2, 0) is 4.79 Å². The van der Waals surface area contributed by atoms with Crippen LogP contribution in [0.4, 0.5) is 5.69 Å². The van der Waals surface area contributed by atoms with Crippen LogP contribution in [-0.4, -0.2) is 10.8 Å². The molecule has 0 saturated carbocycles. The second kappa shape index (κ2) is 7.21. The number of pyridine rings is 1. The van der Waals surface area contributed by atoms with Crippen molar-refractivity contribution in [3.05, 3.63) is 102 Å². The number of Topliss-reactive ketones (excluding diaryl/α,β-unsaturated/α-hetero) is 1. The summed E-state index contributed by atoms with van der Waals surface area (Å²) in [4.78, 5) is 17.7. The number of nitrogens with zero attached hydrogens (tertiary/aromatic N) is 1. The number of nitrogens with one attached hydrogen (secondary N) is 1. The van der Waals surface area contributed by atoms with Gasteiger partial charge in [0, 0.05) is 34.8 Å². The Hall–Kier alpha value is -3.72. The Kier molecular flexibility index (Phi) is 4.20. The van der Waals surface area contributed by atoms with Gasteiger partial charge in [-0.05, 0) is 53.3 Å². The van der Waals surface area contributed by atoms with Crippen molar-refractivity contribution in [2.24, 2.45) is 0 Å². The molecular weight excluding hydrogens is 380 g/mol. The molecule has 0 bridgehead atoms. The van der Waals surface area contributed by atoms with Gasteiger partial charge in [0.1, 0.15) is 0 Å². The van der Waals surface area contributed by atoms with Crippen LogP contribution < -0.4 is 5.32 Å². The summed E-state index contributed by atoms with van der Waals surface area (Å²) < 4.78 is 0. The highest BCUT2D eigenvalue weighted by Crippen LogP contribution is 2.47. The first-order valence-electron chi connectivity index (χ1n) is 10.9. The second-order valence-electron chi connectivity index (χ2n) is 8.29. The normalized spacial score (nSPS) is 17.8. The third-order valence-electron chi connectivity index (χ3n) is 6.48. The van der Waals surface area contributed by atoms with E-state index in [2.05, 4.69) is 77.0 Å². The Morgan fingerprint density at radius 3 is 2.45 bits per heavy atom. The van der Waals surface area contributed by atoms with Gasteiger partial charge in [-0.3, -0.25) is 9.78 Å². The summed E-state index contributed by atoms with van der Waals surface area (Å²) in [5.41, 5.74) is 8.85. The van der Waals surface area contributed by atoms with E-state index in [-0.39, 0.29) is 11.8 Å². The highest BCUT2D eigenvalue weighted by atomic mass is 16.1. The number of aromatic nitrogens is 1. The van der Waals surface area contributed by atoms with Gasteiger partial charge in [-0.25, -0.2) is 0 Å². The number of allylic oxidation sites excluding steroid dienone is 1. The molecule has 2 heterocycles. The first kappa shape index (κ1) is 18.1. The van der Waals surface area contributed by atoms with E-state index >= 15 is 0 Å². The second-order valence-corrected chi connectivity index (χ2v) is 8.29. The molecule has 3 nitrogen and oxygen atoms in total. The lowest BCUT2D eigenvalue weighted by Crippen LogP contribution is -2.27. The molecule has 1 atom stereocenters. The standard InChI is InChI=1S/C28H22N2O/c31-25-10-4-8-22-26-21-9-5-17-29-23(21)15-16-24(26)30-28(27(22)25)20-13-11-19(12-14-20)18-6-2-1-3-7-18/h1-3,5-7,9,11-17,28,30H,4,8,10H2/t28-/m1/s1. The summed E-state index contributed by atoms with van der Waals surface area (Å²) in [5.74, 6) is 0.262. The van der Waals surface area contributed by atoms with E-state index in [0.717, 1.165) is 46.1 Å². The van der Waals surface area contributed by atoms with Gasteiger partial charge in [-0.1, -0.05) is 60.7 Å². The smallest absolute Gasteiger partial charge is 0.161 e. The van der Waals surface area contributed by atoms with Gasteiger partial charge in [0.25, 0.3) is 0 Å². The van der Waals surface area contributed by atoms with Crippen molar-refractivity contribution in [2.45, 2.75) is 25.3 Å². The van der Waals surface area contributed by atoms with Crippen molar-refractivity contribution in [1.82, 2.24) is 4.98 Å². The molecule has 150 valence electrons. The number of fused-ring (bicyclic) bond motifs is 4. The van der Waals surface area contributed by atoms with Crippen LogP contribution in [0, 0.1) is 0 Å². The van der Waals surface area contributed by atoms with Crippen molar-refractivity contribution in [2.75, 3.05) is 5.32 Å². The van der Waals surface area contributed by atoms with E-state index in [0.29, 0.717) is 6.42 Å². The van der Waals surface area contributed by atoms with Crippen LogP contribution in [0.15, 0.2) is 90.6 Å². The molecular formula is C28H22N2O. The molecule has 31 heavy (non-hydrogen) atoms. The molecule has 3 heteroatoms. The molecule has 1 N–H and O–H groups in total. The lowest BCUT2D eigenvalue weighted by molar-refractivity contribution is -0.116. The molecule has 0 spiro atoms. The number of ketones is 1. The van der Waals surface area contributed by atoms with Gasteiger partial charge < -0.3 is 5.32 Å². The summed E-state index contributed by atoms with van der Waals surface area (Å²) in [6, 6.07) is 27.1. The lowest BCUT2D eigenvalue weighted by Gasteiger charge is -2.35. The van der Waals surface area contributed by atoms with Gasteiger partial charge in [0.15, 0.2) is 5.78 Å². The summed E-state index contributed by atoms with van der Waals surface area (Å²) in [5, 5.41) is 4.81. The molecule has 3 aromatic carbocycles. The maximum absolute atomic E-state index is 13.1. The minimum absolute atomic E-state index is 0.116. The average Bonchev–Trinajstić information content (AvgIpc) is 2.84. The Morgan fingerprint density at radius 1 is 0.806 bits per heavy atom. The number of anilines is 1. The van der Waals surface area contributed by atoms with E-state index < -0.39 is 0 Å². The van der Waals surface area contributed by atoms with E-state index in [4.69, 9.17) is 0 Å². The summed E-state index contributed by atoms with van der Waals surface area (Å²) in [6.07, 6.45) is 4.29. The Balaban J connectivity index is 1.49. The quantitative estimate of drug-likeness (QED) is 0.412. The van der Waals surface area contributed by atoms with Crippen molar-refractivity contribution in [3.8, 4) is 11.1 Å². The maximum Gasteiger partial charge on any atom is 0.161 e. The Morgan fingerprint density at radius 2 is 1.61 bits per heavy atom. The molecule has 6 rings (SSSR count). The number of carbonyl (C=O) groups excluding carboxylic acids is 1. The van der Waals surface area contributed by atoms with E-state index in [9.17, 15) is 4.79 Å². The molecule has 0 unspecified atom stereocenters. The molecule has 1 aliphatic carbocycles. The van der Waals surface area contributed by atoms with Crippen LogP contribution in [0.1, 0.15) is 36.4 Å². The zero-order valence-corrected chi connectivity index (χ0v) is 17.1. The van der Waals surface area contributed by atoms with Gasteiger partial charge >= 0.3 is 0 Å². The predicted molar refractivity (Wildman–Crippen MR) is 126 cm³/mol. The molecule has 2 aliphatic rings. The maximum atomic E-state index is 13.1. The molecule has 1 aliphatic heterocycles. The molecule has 0 saturated heterocycles. The zero-order valence-electron chi connectivity index (χ0n) is 17.1. The molecule has 0 amide bonds. The first-order valence-corrected chi connectivity index (χ1v) is 10.9. The number of hydrogen-bond acceptors (Lipinski definition) is 3. The van der Waals surface area contributed by atoms with Crippen molar-refractivity contribution in [3.63, 3.8) is 0 Å². The largest absolute Gasteiger partial charge is 0.373 e. The van der Waals surface area contributed by atoms with E-state index in [1.807, 2.05) is 18.3 Å². The average molecular weight is 402 g/mol. The topological polar surface area (TPSA) is 42.0 Å². The Bertz CT molecular complexity index is 1340. The number of rotatable bonds is 2. The fraction of sp³-hybridized carbons (Fsp3) is 0.143. The van der Waals surface area contributed by atoms with Crippen molar-refractivity contribution < 1.29 is 4.79 Å². The lowest BCUT2D eigenvalue weighted by atomic mass is 9.77. The summed E-state index contributed by atoms with van der Waals surface area (Å²) in [6.45, 7) is 0. The fourth-order valence-electron chi connectivity index (χ4n) is 5.03. The van der Waals surface area contributed by atoms with Gasteiger partial charge in [0.2, 0.25) is 0 Å². The number of benzene rings is 3. The van der Waals surface area contributed by atoms with Crippen LogP contribution in [0.25, 0.3) is 27.6 Å². The van der Waals surface area contributed by atoms with Crippen LogP contribution in [0.2, 0.25) is 0 Å². The monoisotopic (exact) mass is 402 g/mol. The van der Waals surface area contributed by atoms with Gasteiger partial charge in [-0.15, -0.1) is 0 Å². The van der Waals surface area contributed by atoms with Crippen molar-refractivity contribution in [1.29, 1.82) is 0 Å². The minimum atomic E-state index is -0.116. The highest BCUT2D eigenvalue weighted by Gasteiger charge is 2.34. The van der Waals surface area contributed by atoms with E-state index in [1.54, 1.807) is 0 Å². The van der Waals surface area contributed by atoms with Crippen molar-refractivity contribution >= 4 is 27.9 Å². The van der Waals surface area contributed by atoms with E-state index in [1.165, 1.54) is 16.7 Å². The van der Waals surface area contributed by atoms with Crippen LogP contribution in [0.5, 0.6) is 0 Å².